The zero-order valence-corrected chi connectivity index (χ0v) is 10.7. The summed E-state index contributed by atoms with van der Waals surface area (Å²) in [4.78, 5) is 15.2. The lowest BCUT2D eigenvalue weighted by molar-refractivity contribution is -0.114. The molecule has 1 amide bonds. The molecule has 0 spiro atoms. The standard InChI is InChI=1S/C14H12N4O2/c1-9(19)15-14-16-13-7-4-11(8-18(13)17-14)10-2-5-12(20)6-3-10/h2-8,20H,1H3,(H,15,17,19). The summed E-state index contributed by atoms with van der Waals surface area (Å²) in [7, 11) is 0. The highest BCUT2D eigenvalue weighted by Gasteiger charge is 2.06. The minimum absolute atomic E-state index is 0.209. The van der Waals surface area contributed by atoms with Gasteiger partial charge in [-0.15, -0.1) is 5.10 Å². The summed E-state index contributed by atoms with van der Waals surface area (Å²) >= 11 is 0. The van der Waals surface area contributed by atoms with Gasteiger partial charge in [-0.05, 0) is 29.8 Å². The molecule has 100 valence electrons. The number of anilines is 1. The fourth-order valence-corrected chi connectivity index (χ4v) is 1.92. The third-order valence-electron chi connectivity index (χ3n) is 2.82. The van der Waals surface area contributed by atoms with Crippen LogP contribution >= 0.6 is 0 Å². The van der Waals surface area contributed by atoms with Crippen LogP contribution in [0.1, 0.15) is 6.92 Å². The molecule has 0 radical (unpaired) electrons. The maximum absolute atomic E-state index is 11.0. The molecule has 3 aromatic rings. The number of carbonyl (C=O) groups excluding carboxylic acids is 1. The van der Waals surface area contributed by atoms with E-state index < -0.39 is 0 Å². The predicted octanol–water partition coefficient (Wildman–Crippen LogP) is 2.06. The molecule has 6 nitrogen and oxygen atoms in total. The molecule has 3 rings (SSSR count). The van der Waals surface area contributed by atoms with Crippen molar-refractivity contribution < 1.29 is 9.90 Å². The van der Waals surface area contributed by atoms with Gasteiger partial charge in [0.05, 0.1) is 0 Å². The first-order valence-electron chi connectivity index (χ1n) is 6.05. The number of phenolic OH excluding ortho intramolecular Hbond substituents is 1. The number of nitrogens with zero attached hydrogens (tertiary/aromatic N) is 3. The number of benzene rings is 1. The zero-order valence-electron chi connectivity index (χ0n) is 10.7. The molecule has 1 aromatic carbocycles. The number of nitrogens with one attached hydrogen (secondary N) is 1. The Balaban J connectivity index is 2.01. The molecule has 2 N–H and O–H groups in total. The largest absolute Gasteiger partial charge is 0.508 e. The van der Waals surface area contributed by atoms with E-state index in [1.54, 1.807) is 16.6 Å². The van der Waals surface area contributed by atoms with Gasteiger partial charge in [-0.25, -0.2) is 4.52 Å². The van der Waals surface area contributed by atoms with E-state index in [9.17, 15) is 9.90 Å². The third-order valence-corrected chi connectivity index (χ3v) is 2.82. The van der Waals surface area contributed by atoms with Gasteiger partial charge in [-0.1, -0.05) is 12.1 Å². The van der Waals surface area contributed by atoms with Gasteiger partial charge in [-0.3, -0.25) is 10.1 Å². The van der Waals surface area contributed by atoms with E-state index in [-0.39, 0.29) is 17.6 Å². The summed E-state index contributed by atoms with van der Waals surface area (Å²) in [5.74, 6) is 0.295. The summed E-state index contributed by atoms with van der Waals surface area (Å²) in [6, 6.07) is 10.6. The molecule has 0 aliphatic heterocycles. The summed E-state index contributed by atoms with van der Waals surface area (Å²) in [6.45, 7) is 1.41. The van der Waals surface area contributed by atoms with Crippen molar-refractivity contribution in [2.75, 3.05) is 5.32 Å². The molecule has 0 saturated carbocycles. The van der Waals surface area contributed by atoms with Crippen LogP contribution in [-0.4, -0.2) is 25.6 Å². The Kier molecular flexibility index (Phi) is 2.83. The van der Waals surface area contributed by atoms with E-state index in [1.165, 1.54) is 6.92 Å². The van der Waals surface area contributed by atoms with Crippen LogP contribution in [0.4, 0.5) is 5.95 Å². The summed E-state index contributed by atoms with van der Waals surface area (Å²) in [5, 5.41) is 16.0. The van der Waals surface area contributed by atoms with E-state index in [0.717, 1.165) is 11.1 Å². The molecule has 0 aliphatic rings. The molecule has 20 heavy (non-hydrogen) atoms. The van der Waals surface area contributed by atoms with Crippen LogP contribution in [0, 0.1) is 0 Å². The second kappa shape index (κ2) is 4.65. The van der Waals surface area contributed by atoms with Crippen LogP contribution in [-0.2, 0) is 4.79 Å². The number of pyridine rings is 1. The summed E-state index contributed by atoms with van der Waals surface area (Å²) < 4.78 is 1.60. The molecule has 2 aromatic heterocycles. The fraction of sp³-hybridized carbons (Fsp3) is 0.0714. The minimum Gasteiger partial charge on any atom is -0.508 e. The van der Waals surface area contributed by atoms with E-state index in [0.29, 0.717) is 5.65 Å². The Morgan fingerprint density at radius 1 is 1.15 bits per heavy atom. The van der Waals surface area contributed by atoms with Crippen LogP contribution in [0.15, 0.2) is 42.6 Å². The lowest BCUT2D eigenvalue weighted by Gasteiger charge is -2.02. The first-order chi connectivity index (χ1) is 9.61. The highest BCUT2D eigenvalue weighted by Crippen LogP contribution is 2.22. The molecular formula is C14H12N4O2. The van der Waals surface area contributed by atoms with Crippen molar-refractivity contribution in [3.05, 3.63) is 42.6 Å². The maximum atomic E-state index is 11.0. The number of fused-ring (bicyclic) bond motifs is 1. The quantitative estimate of drug-likeness (QED) is 0.745. The average Bonchev–Trinajstić information content (AvgIpc) is 2.79. The Labute approximate surface area is 114 Å². The normalized spacial score (nSPS) is 10.7. The van der Waals surface area contributed by atoms with Crippen LogP contribution in [0.5, 0.6) is 5.75 Å². The lowest BCUT2D eigenvalue weighted by Crippen LogP contribution is -2.07. The van der Waals surface area contributed by atoms with Crippen LogP contribution in [0.25, 0.3) is 16.8 Å². The van der Waals surface area contributed by atoms with Gasteiger partial charge in [0, 0.05) is 18.7 Å². The van der Waals surface area contributed by atoms with Crippen molar-refractivity contribution in [2.24, 2.45) is 0 Å². The first-order valence-corrected chi connectivity index (χ1v) is 6.05. The molecule has 0 saturated heterocycles. The Morgan fingerprint density at radius 3 is 2.55 bits per heavy atom. The van der Waals surface area contributed by atoms with Crippen molar-refractivity contribution >= 4 is 17.5 Å². The summed E-state index contributed by atoms with van der Waals surface area (Å²) in [5.41, 5.74) is 2.55. The van der Waals surface area contributed by atoms with E-state index in [4.69, 9.17) is 0 Å². The maximum Gasteiger partial charge on any atom is 0.249 e. The zero-order chi connectivity index (χ0) is 14.1. The van der Waals surface area contributed by atoms with Crippen molar-refractivity contribution in [2.45, 2.75) is 6.92 Å². The van der Waals surface area contributed by atoms with Crippen molar-refractivity contribution in [1.29, 1.82) is 0 Å². The van der Waals surface area contributed by atoms with Crippen molar-refractivity contribution in [1.82, 2.24) is 14.6 Å². The third kappa shape index (κ3) is 2.31. The predicted molar refractivity (Wildman–Crippen MR) is 74.4 cm³/mol. The van der Waals surface area contributed by atoms with Crippen LogP contribution in [0.2, 0.25) is 0 Å². The molecule has 0 fully saturated rings. The fourth-order valence-electron chi connectivity index (χ4n) is 1.92. The van der Waals surface area contributed by atoms with E-state index in [2.05, 4.69) is 15.4 Å². The number of amides is 1. The number of hydrogen-bond donors (Lipinski definition) is 2. The molecule has 2 heterocycles. The topological polar surface area (TPSA) is 79.5 Å². The van der Waals surface area contributed by atoms with E-state index in [1.807, 2.05) is 30.5 Å². The smallest absolute Gasteiger partial charge is 0.249 e. The summed E-state index contributed by atoms with van der Waals surface area (Å²) in [6.07, 6.45) is 1.82. The number of rotatable bonds is 2. The number of hydrogen-bond acceptors (Lipinski definition) is 4. The van der Waals surface area contributed by atoms with Gasteiger partial charge in [-0.2, -0.15) is 4.98 Å². The molecule has 0 atom stereocenters. The Hall–Kier alpha value is -2.89. The Morgan fingerprint density at radius 2 is 1.85 bits per heavy atom. The number of aromatic nitrogens is 3. The highest BCUT2D eigenvalue weighted by molar-refractivity contribution is 5.86. The average molecular weight is 268 g/mol. The molecule has 6 heteroatoms. The molecule has 0 aliphatic carbocycles. The second-order valence-corrected chi connectivity index (χ2v) is 4.38. The van der Waals surface area contributed by atoms with Crippen LogP contribution < -0.4 is 5.32 Å². The minimum atomic E-state index is -0.209. The monoisotopic (exact) mass is 268 g/mol. The van der Waals surface area contributed by atoms with Gasteiger partial charge in [0.1, 0.15) is 5.75 Å². The van der Waals surface area contributed by atoms with Gasteiger partial charge in [0.15, 0.2) is 5.65 Å². The van der Waals surface area contributed by atoms with Crippen molar-refractivity contribution in [3.63, 3.8) is 0 Å². The molecule has 0 bridgehead atoms. The van der Waals surface area contributed by atoms with Gasteiger partial charge in [0.2, 0.25) is 11.9 Å². The highest BCUT2D eigenvalue weighted by atomic mass is 16.3. The second-order valence-electron chi connectivity index (χ2n) is 4.38. The van der Waals surface area contributed by atoms with E-state index >= 15 is 0 Å². The lowest BCUT2D eigenvalue weighted by atomic mass is 10.1. The van der Waals surface area contributed by atoms with Crippen LogP contribution in [0.3, 0.4) is 0 Å². The first kappa shape index (κ1) is 12.2. The molecule has 0 unspecified atom stereocenters. The number of carbonyl (C=O) groups is 1. The number of phenols is 1. The molecular weight excluding hydrogens is 256 g/mol. The van der Waals surface area contributed by atoms with Gasteiger partial charge in [0.25, 0.3) is 0 Å². The number of aromatic hydroxyl groups is 1. The SMILES string of the molecule is CC(=O)Nc1nc2ccc(-c3ccc(O)cc3)cn2n1. The van der Waals surface area contributed by atoms with Gasteiger partial charge < -0.3 is 5.11 Å². The Bertz CT molecular complexity index is 777. The van der Waals surface area contributed by atoms with Crippen molar-refractivity contribution in [3.8, 4) is 16.9 Å². The van der Waals surface area contributed by atoms with Gasteiger partial charge >= 0.3 is 0 Å².